The van der Waals surface area contributed by atoms with Crippen LogP contribution in [0.15, 0.2) is 42.5 Å². The summed E-state index contributed by atoms with van der Waals surface area (Å²) in [6.45, 7) is 2.46. The zero-order chi connectivity index (χ0) is 13.8. The number of carboxylic acids is 1. The maximum Gasteiger partial charge on any atom is 0.335 e. The van der Waals surface area contributed by atoms with E-state index in [-0.39, 0.29) is 5.56 Å². The SMILES string of the molecule is Cc1cccc(COc2cc(C(=O)O)ccc2I)c1. The molecule has 2 aromatic rings. The molecule has 0 radical (unpaired) electrons. The maximum absolute atomic E-state index is 10.9. The summed E-state index contributed by atoms with van der Waals surface area (Å²) in [5.41, 5.74) is 2.48. The number of carbonyl (C=O) groups is 1. The van der Waals surface area contributed by atoms with Gasteiger partial charge in [0, 0.05) is 0 Å². The second kappa shape index (κ2) is 6.06. The predicted octanol–water partition coefficient (Wildman–Crippen LogP) is 3.88. The Kier molecular flexibility index (Phi) is 4.42. The second-order valence-electron chi connectivity index (χ2n) is 4.23. The van der Waals surface area contributed by atoms with Gasteiger partial charge in [0.15, 0.2) is 0 Å². The summed E-state index contributed by atoms with van der Waals surface area (Å²) in [5.74, 6) is -0.348. The van der Waals surface area contributed by atoms with E-state index in [2.05, 4.69) is 22.6 Å². The minimum atomic E-state index is -0.947. The Hall–Kier alpha value is -1.56. The molecule has 0 aromatic heterocycles. The number of hydrogen-bond acceptors (Lipinski definition) is 2. The van der Waals surface area contributed by atoms with Crippen molar-refractivity contribution in [2.45, 2.75) is 13.5 Å². The van der Waals surface area contributed by atoms with Crippen LogP contribution in [0.3, 0.4) is 0 Å². The molecule has 3 nitrogen and oxygen atoms in total. The largest absolute Gasteiger partial charge is 0.488 e. The van der Waals surface area contributed by atoms with Gasteiger partial charge in [0.05, 0.1) is 9.13 Å². The molecule has 0 aliphatic rings. The fourth-order valence-electron chi connectivity index (χ4n) is 1.71. The van der Waals surface area contributed by atoms with Gasteiger partial charge in [-0.3, -0.25) is 0 Å². The van der Waals surface area contributed by atoms with Gasteiger partial charge in [0.1, 0.15) is 12.4 Å². The van der Waals surface area contributed by atoms with Gasteiger partial charge in [-0.05, 0) is 53.3 Å². The van der Waals surface area contributed by atoms with E-state index in [9.17, 15) is 4.79 Å². The van der Waals surface area contributed by atoms with Crippen LogP contribution in [0.25, 0.3) is 0 Å². The van der Waals surface area contributed by atoms with E-state index in [0.29, 0.717) is 12.4 Å². The highest BCUT2D eigenvalue weighted by Crippen LogP contribution is 2.23. The predicted molar refractivity (Wildman–Crippen MR) is 81.6 cm³/mol. The summed E-state index contributed by atoms with van der Waals surface area (Å²) in [6, 6.07) is 12.9. The van der Waals surface area contributed by atoms with Gasteiger partial charge in [-0.25, -0.2) is 4.79 Å². The summed E-state index contributed by atoms with van der Waals surface area (Å²) in [4.78, 5) is 10.9. The summed E-state index contributed by atoms with van der Waals surface area (Å²) >= 11 is 2.13. The molecule has 0 fully saturated rings. The van der Waals surface area contributed by atoms with Crippen molar-refractivity contribution in [3.05, 3.63) is 62.7 Å². The van der Waals surface area contributed by atoms with E-state index in [1.165, 1.54) is 5.56 Å². The van der Waals surface area contributed by atoms with Crippen LogP contribution < -0.4 is 4.74 Å². The first-order chi connectivity index (χ1) is 9.06. The third-order valence-corrected chi connectivity index (χ3v) is 3.55. The Labute approximate surface area is 125 Å². The van der Waals surface area contributed by atoms with Crippen LogP contribution in [0.5, 0.6) is 5.75 Å². The topological polar surface area (TPSA) is 46.5 Å². The van der Waals surface area contributed by atoms with Gasteiger partial charge in [-0.1, -0.05) is 29.8 Å². The Bertz CT molecular complexity index is 608. The van der Waals surface area contributed by atoms with Gasteiger partial charge in [-0.2, -0.15) is 0 Å². The Balaban J connectivity index is 2.15. The van der Waals surface area contributed by atoms with Gasteiger partial charge in [0.25, 0.3) is 0 Å². The van der Waals surface area contributed by atoms with E-state index in [1.54, 1.807) is 18.2 Å². The lowest BCUT2D eigenvalue weighted by molar-refractivity contribution is 0.0696. The van der Waals surface area contributed by atoms with Crippen molar-refractivity contribution >= 4 is 28.6 Å². The first-order valence-corrected chi connectivity index (χ1v) is 6.85. The fourth-order valence-corrected chi connectivity index (χ4v) is 2.20. The Morgan fingerprint density at radius 2 is 2.05 bits per heavy atom. The standard InChI is InChI=1S/C15H13IO3/c1-10-3-2-4-11(7-10)9-19-14-8-12(15(17)18)5-6-13(14)16/h2-8H,9H2,1H3,(H,17,18). The van der Waals surface area contributed by atoms with Crippen LogP contribution in [-0.4, -0.2) is 11.1 Å². The van der Waals surface area contributed by atoms with Crippen molar-refractivity contribution in [1.82, 2.24) is 0 Å². The number of carboxylic acid groups (broad SMARTS) is 1. The van der Waals surface area contributed by atoms with Crippen LogP contribution in [0, 0.1) is 10.5 Å². The van der Waals surface area contributed by atoms with Gasteiger partial charge in [-0.15, -0.1) is 0 Å². The van der Waals surface area contributed by atoms with Gasteiger partial charge in [0.2, 0.25) is 0 Å². The highest BCUT2D eigenvalue weighted by atomic mass is 127. The van der Waals surface area contributed by atoms with Crippen molar-refractivity contribution < 1.29 is 14.6 Å². The monoisotopic (exact) mass is 368 g/mol. The summed E-state index contributed by atoms with van der Waals surface area (Å²) in [6.07, 6.45) is 0. The van der Waals surface area contributed by atoms with Crippen LogP contribution >= 0.6 is 22.6 Å². The highest BCUT2D eigenvalue weighted by Gasteiger charge is 2.08. The van der Waals surface area contributed by atoms with Gasteiger partial charge >= 0.3 is 5.97 Å². The molecule has 1 N–H and O–H groups in total. The van der Waals surface area contributed by atoms with Crippen molar-refractivity contribution in [1.29, 1.82) is 0 Å². The number of ether oxygens (including phenoxy) is 1. The molecule has 2 rings (SSSR count). The zero-order valence-electron chi connectivity index (χ0n) is 10.4. The fraction of sp³-hybridized carbons (Fsp3) is 0.133. The lowest BCUT2D eigenvalue weighted by Crippen LogP contribution is -2.01. The molecule has 4 heteroatoms. The number of aryl methyl sites for hydroxylation is 1. The maximum atomic E-state index is 10.9. The van der Waals surface area contributed by atoms with E-state index in [4.69, 9.17) is 9.84 Å². The van der Waals surface area contributed by atoms with Crippen LogP contribution in [0.1, 0.15) is 21.5 Å². The van der Waals surface area contributed by atoms with Crippen molar-refractivity contribution in [2.75, 3.05) is 0 Å². The lowest BCUT2D eigenvalue weighted by atomic mass is 10.1. The first kappa shape index (κ1) is 13.9. The number of halogens is 1. The summed E-state index contributed by atoms with van der Waals surface area (Å²) in [7, 11) is 0. The molecule has 0 saturated heterocycles. The third kappa shape index (κ3) is 3.70. The number of hydrogen-bond donors (Lipinski definition) is 1. The molecule has 2 aromatic carbocycles. The van der Waals surface area contributed by atoms with Gasteiger partial charge < -0.3 is 9.84 Å². The van der Waals surface area contributed by atoms with Crippen molar-refractivity contribution in [3.63, 3.8) is 0 Å². The van der Waals surface area contributed by atoms with E-state index < -0.39 is 5.97 Å². The van der Waals surface area contributed by atoms with Crippen molar-refractivity contribution in [3.8, 4) is 5.75 Å². The normalized spacial score (nSPS) is 10.2. The zero-order valence-corrected chi connectivity index (χ0v) is 12.5. The van der Waals surface area contributed by atoms with Crippen molar-refractivity contribution in [2.24, 2.45) is 0 Å². The average molecular weight is 368 g/mol. The minimum absolute atomic E-state index is 0.236. The average Bonchev–Trinajstić information content (AvgIpc) is 2.37. The molecule has 0 atom stereocenters. The molecule has 0 aliphatic heterocycles. The molecule has 0 saturated carbocycles. The highest BCUT2D eigenvalue weighted by molar-refractivity contribution is 14.1. The molecule has 0 spiro atoms. The molecule has 19 heavy (non-hydrogen) atoms. The second-order valence-corrected chi connectivity index (χ2v) is 5.39. The third-order valence-electron chi connectivity index (χ3n) is 2.65. The Morgan fingerprint density at radius 3 is 2.74 bits per heavy atom. The molecule has 0 aliphatic carbocycles. The Morgan fingerprint density at radius 1 is 1.26 bits per heavy atom. The van der Waals surface area contributed by atoms with Crippen LogP contribution in [0.4, 0.5) is 0 Å². The first-order valence-electron chi connectivity index (χ1n) is 5.77. The smallest absolute Gasteiger partial charge is 0.335 e. The molecular formula is C15H13IO3. The number of aromatic carboxylic acids is 1. The summed E-state index contributed by atoms with van der Waals surface area (Å²) in [5, 5.41) is 8.96. The van der Waals surface area contributed by atoms with Crippen LogP contribution in [0.2, 0.25) is 0 Å². The number of benzene rings is 2. The molecular weight excluding hydrogens is 355 g/mol. The van der Waals surface area contributed by atoms with Crippen LogP contribution in [-0.2, 0) is 6.61 Å². The molecule has 0 bridgehead atoms. The van der Waals surface area contributed by atoms with E-state index in [0.717, 1.165) is 9.13 Å². The molecule has 98 valence electrons. The number of rotatable bonds is 4. The molecule has 0 amide bonds. The quantitative estimate of drug-likeness (QED) is 0.834. The molecule has 0 heterocycles. The van der Waals surface area contributed by atoms with E-state index in [1.807, 2.05) is 31.2 Å². The summed E-state index contributed by atoms with van der Waals surface area (Å²) < 4.78 is 6.60. The minimum Gasteiger partial charge on any atom is -0.488 e. The molecule has 0 unspecified atom stereocenters. The van der Waals surface area contributed by atoms with E-state index >= 15 is 0 Å². The lowest BCUT2D eigenvalue weighted by Gasteiger charge is -2.09.